The van der Waals surface area contributed by atoms with Gasteiger partial charge in [-0.1, -0.05) is 19.9 Å². The van der Waals surface area contributed by atoms with E-state index in [0.29, 0.717) is 5.41 Å². The minimum atomic E-state index is -0.372. The zero-order valence-electron chi connectivity index (χ0n) is 13.5. The number of hydrogen-bond acceptors (Lipinski definition) is 3. The van der Waals surface area contributed by atoms with Gasteiger partial charge >= 0.3 is 0 Å². The molecule has 1 fully saturated rings. The molecule has 0 saturated heterocycles. The third-order valence-electron chi connectivity index (χ3n) is 5.10. The van der Waals surface area contributed by atoms with Crippen LogP contribution in [0.15, 0.2) is 18.2 Å². The minimum Gasteiger partial charge on any atom is -0.376 e. The maximum atomic E-state index is 13.7. The van der Waals surface area contributed by atoms with Gasteiger partial charge in [-0.3, -0.25) is 11.3 Å². The van der Waals surface area contributed by atoms with Crippen LogP contribution in [0.5, 0.6) is 0 Å². The second kappa shape index (κ2) is 6.03. The Labute approximate surface area is 127 Å². The van der Waals surface area contributed by atoms with Crippen LogP contribution >= 0.6 is 0 Å². The van der Waals surface area contributed by atoms with Crippen LogP contribution in [0.1, 0.15) is 56.7 Å². The number of hydrogen-bond donors (Lipinski definition) is 2. The lowest BCUT2D eigenvalue weighted by Crippen LogP contribution is -2.51. The molecule has 0 bridgehead atoms. The van der Waals surface area contributed by atoms with Crippen LogP contribution < -0.4 is 11.3 Å². The van der Waals surface area contributed by atoms with E-state index in [0.717, 1.165) is 36.8 Å². The highest BCUT2D eigenvalue weighted by Gasteiger charge is 2.45. The van der Waals surface area contributed by atoms with Gasteiger partial charge in [0.15, 0.2) is 0 Å². The third-order valence-corrected chi connectivity index (χ3v) is 5.10. The molecule has 0 amide bonds. The normalized spacial score (nSPS) is 22.0. The van der Waals surface area contributed by atoms with Gasteiger partial charge in [0.1, 0.15) is 5.82 Å². The fourth-order valence-corrected chi connectivity index (χ4v) is 3.41. The molecule has 3 nitrogen and oxygen atoms in total. The van der Waals surface area contributed by atoms with E-state index in [1.165, 1.54) is 6.07 Å². The van der Waals surface area contributed by atoms with Crippen LogP contribution in [0.3, 0.4) is 0 Å². The van der Waals surface area contributed by atoms with Gasteiger partial charge in [-0.15, -0.1) is 0 Å². The predicted octanol–water partition coefficient (Wildman–Crippen LogP) is 3.62. The van der Waals surface area contributed by atoms with E-state index in [1.54, 1.807) is 19.2 Å². The van der Waals surface area contributed by atoms with Crippen LogP contribution in [-0.2, 0) is 4.74 Å². The maximum absolute atomic E-state index is 13.7. The number of ether oxygens (including phenoxy) is 1. The highest BCUT2D eigenvalue weighted by molar-refractivity contribution is 5.32. The van der Waals surface area contributed by atoms with Crippen LogP contribution in [0.25, 0.3) is 0 Å². The Morgan fingerprint density at radius 2 is 1.86 bits per heavy atom. The Kier molecular flexibility index (Phi) is 4.71. The van der Waals surface area contributed by atoms with Gasteiger partial charge in [0, 0.05) is 7.11 Å². The van der Waals surface area contributed by atoms with E-state index >= 15 is 0 Å². The van der Waals surface area contributed by atoms with Gasteiger partial charge < -0.3 is 4.74 Å². The van der Waals surface area contributed by atoms with Gasteiger partial charge in [-0.2, -0.15) is 0 Å². The van der Waals surface area contributed by atoms with Crippen molar-refractivity contribution in [2.24, 2.45) is 11.3 Å². The van der Waals surface area contributed by atoms with Crippen molar-refractivity contribution in [1.29, 1.82) is 0 Å². The van der Waals surface area contributed by atoms with Crippen molar-refractivity contribution in [1.82, 2.24) is 5.43 Å². The standard InChI is InChI=1S/C17H27FN2O/c1-12-5-6-13(18)11-14(12)15(20-19)17(21-4)9-7-16(2,3)8-10-17/h5-6,11,15,20H,7-10,19H2,1-4H3. The highest BCUT2D eigenvalue weighted by Crippen LogP contribution is 2.47. The quantitative estimate of drug-likeness (QED) is 0.658. The number of aryl methyl sites for hydroxylation is 1. The molecule has 1 atom stereocenters. The lowest BCUT2D eigenvalue weighted by atomic mass is 9.67. The number of nitrogens with two attached hydrogens (primary N) is 1. The van der Waals surface area contributed by atoms with Crippen molar-refractivity contribution in [2.45, 2.75) is 58.1 Å². The Hall–Kier alpha value is -0.970. The molecule has 0 aliphatic heterocycles. The van der Waals surface area contributed by atoms with E-state index < -0.39 is 0 Å². The Bertz CT molecular complexity index is 492. The molecule has 2 rings (SSSR count). The molecular weight excluding hydrogens is 267 g/mol. The summed E-state index contributed by atoms with van der Waals surface area (Å²) in [6.07, 6.45) is 3.99. The van der Waals surface area contributed by atoms with Gasteiger partial charge in [-0.25, -0.2) is 4.39 Å². The first-order valence-electron chi connectivity index (χ1n) is 7.61. The molecule has 1 aliphatic rings. The zero-order valence-corrected chi connectivity index (χ0v) is 13.5. The van der Waals surface area contributed by atoms with Crippen molar-refractivity contribution in [3.05, 3.63) is 35.1 Å². The molecule has 1 aromatic carbocycles. The topological polar surface area (TPSA) is 47.3 Å². The summed E-state index contributed by atoms with van der Waals surface area (Å²) in [4.78, 5) is 0. The van der Waals surface area contributed by atoms with E-state index in [-0.39, 0.29) is 17.5 Å². The summed E-state index contributed by atoms with van der Waals surface area (Å²) in [5.41, 5.74) is 4.76. The summed E-state index contributed by atoms with van der Waals surface area (Å²) in [7, 11) is 1.73. The van der Waals surface area contributed by atoms with Crippen molar-refractivity contribution in [3.63, 3.8) is 0 Å². The summed E-state index contributed by atoms with van der Waals surface area (Å²) < 4.78 is 19.6. The Morgan fingerprint density at radius 1 is 1.24 bits per heavy atom. The second-order valence-corrected chi connectivity index (χ2v) is 7.03. The molecule has 0 radical (unpaired) electrons. The molecule has 21 heavy (non-hydrogen) atoms. The van der Waals surface area contributed by atoms with Crippen LogP contribution in [0, 0.1) is 18.2 Å². The average molecular weight is 294 g/mol. The smallest absolute Gasteiger partial charge is 0.123 e. The molecular formula is C17H27FN2O. The van der Waals surface area contributed by atoms with Gasteiger partial charge in [0.2, 0.25) is 0 Å². The number of methoxy groups -OCH3 is 1. The van der Waals surface area contributed by atoms with E-state index in [2.05, 4.69) is 19.3 Å². The SMILES string of the molecule is COC1(C(NN)c2cc(F)ccc2C)CCC(C)(C)CC1. The average Bonchev–Trinajstić information content (AvgIpc) is 2.45. The van der Waals surface area contributed by atoms with E-state index in [4.69, 9.17) is 10.6 Å². The first kappa shape index (κ1) is 16.4. The van der Waals surface area contributed by atoms with Crippen molar-refractivity contribution < 1.29 is 9.13 Å². The molecule has 1 unspecified atom stereocenters. The largest absolute Gasteiger partial charge is 0.376 e. The summed E-state index contributed by atoms with van der Waals surface area (Å²) in [5, 5.41) is 0. The first-order chi connectivity index (χ1) is 9.83. The number of rotatable bonds is 4. The first-order valence-corrected chi connectivity index (χ1v) is 7.61. The lowest BCUT2D eigenvalue weighted by Gasteiger charge is -2.47. The Balaban J connectivity index is 2.36. The fraction of sp³-hybridized carbons (Fsp3) is 0.647. The zero-order chi connectivity index (χ0) is 15.7. The number of benzene rings is 1. The Morgan fingerprint density at radius 3 is 2.38 bits per heavy atom. The van der Waals surface area contributed by atoms with Gasteiger partial charge in [-0.05, 0) is 61.3 Å². The third kappa shape index (κ3) is 3.28. The number of hydrazine groups is 1. The molecule has 1 aromatic rings. The maximum Gasteiger partial charge on any atom is 0.123 e. The van der Waals surface area contributed by atoms with Gasteiger partial charge in [0.05, 0.1) is 11.6 Å². The van der Waals surface area contributed by atoms with E-state index in [1.807, 2.05) is 6.92 Å². The number of halogens is 1. The molecule has 118 valence electrons. The second-order valence-electron chi connectivity index (χ2n) is 7.03. The highest BCUT2D eigenvalue weighted by atomic mass is 19.1. The van der Waals surface area contributed by atoms with Crippen molar-refractivity contribution in [3.8, 4) is 0 Å². The van der Waals surface area contributed by atoms with Crippen molar-refractivity contribution in [2.75, 3.05) is 7.11 Å². The fourth-order valence-electron chi connectivity index (χ4n) is 3.41. The summed E-state index contributed by atoms with van der Waals surface area (Å²) >= 11 is 0. The van der Waals surface area contributed by atoms with Gasteiger partial charge in [0.25, 0.3) is 0 Å². The van der Waals surface area contributed by atoms with Crippen molar-refractivity contribution >= 4 is 0 Å². The monoisotopic (exact) mass is 294 g/mol. The molecule has 0 aromatic heterocycles. The predicted molar refractivity (Wildman–Crippen MR) is 83.2 cm³/mol. The number of nitrogens with one attached hydrogen (secondary N) is 1. The molecule has 3 N–H and O–H groups in total. The summed E-state index contributed by atoms with van der Waals surface area (Å²) in [6.45, 7) is 6.55. The molecule has 1 saturated carbocycles. The molecule has 1 aliphatic carbocycles. The minimum absolute atomic E-state index is 0.200. The summed E-state index contributed by atoms with van der Waals surface area (Å²) in [5.74, 6) is 5.59. The molecule has 4 heteroatoms. The lowest BCUT2D eigenvalue weighted by molar-refractivity contribution is -0.0878. The van der Waals surface area contributed by atoms with Crippen LogP contribution in [0.2, 0.25) is 0 Å². The van der Waals surface area contributed by atoms with Crippen LogP contribution in [0.4, 0.5) is 4.39 Å². The summed E-state index contributed by atoms with van der Waals surface area (Å²) in [6, 6.07) is 4.65. The molecule has 0 spiro atoms. The van der Waals surface area contributed by atoms with Crippen LogP contribution in [-0.4, -0.2) is 12.7 Å². The molecule has 0 heterocycles. The van der Waals surface area contributed by atoms with E-state index in [9.17, 15) is 4.39 Å².